The molecule has 2 aromatic carbocycles. The van der Waals surface area contributed by atoms with E-state index in [0.29, 0.717) is 11.4 Å². The fourth-order valence-corrected chi connectivity index (χ4v) is 3.41. The topological polar surface area (TPSA) is 45.2 Å². The highest BCUT2D eigenvalue weighted by atomic mass is 35.5. The van der Waals surface area contributed by atoms with Gasteiger partial charge >= 0.3 is 0 Å². The van der Waals surface area contributed by atoms with Gasteiger partial charge in [-0.25, -0.2) is 9.37 Å². The number of benzene rings is 2. The molecular formula is C20H17ClFN3O. The highest BCUT2D eigenvalue weighted by Crippen LogP contribution is 2.28. The number of aromatic nitrogens is 1. The smallest absolute Gasteiger partial charge is 0.259 e. The minimum atomic E-state index is -0.640. The van der Waals surface area contributed by atoms with Crippen LogP contribution in [0.15, 0.2) is 48.5 Å². The first kappa shape index (κ1) is 16.8. The molecule has 26 heavy (non-hydrogen) atoms. The molecule has 0 saturated carbocycles. The molecule has 0 aliphatic carbocycles. The summed E-state index contributed by atoms with van der Waals surface area (Å²) in [5.41, 5.74) is 1.33. The zero-order valence-electron chi connectivity index (χ0n) is 14.0. The van der Waals surface area contributed by atoms with Crippen LogP contribution in [0.3, 0.4) is 0 Å². The molecule has 1 amide bonds. The lowest BCUT2D eigenvalue weighted by molar-refractivity contribution is 0.102. The van der Waals surface area contributed by atoms with Crippen molar-refractivity contribution in [3.8, 4) is 0 Å². The molecule has 0 atom stereocenters. The number of carbonyl (C=O) groups excluding carboxylic acids is 1. The van der Waals surface area contributed by atoms with Gasteiger partial charge in [-0.3, -0.25) is 4.79 Å². The van der Waals surface area contributed by atoms with Crippen molar-refractivity contribution in [2.75, 3.05) is 23.3 Å². The minimum absolute atomic E-state index is 0.0285. The summed E-state index contributed by atoms with van der Waals surface area (Å²) in [7, 11) is 0. The van der Waals surface area contributed by atoms with Crippen molar-refractivity contribution in [3.05, 3.63) is 64.9 Å². The quantitative estimate of drug-likeness (QED) is 0.715. The van der Waals surface area contributed by atoms with E-state index in [0.717, 1.165) is 36.8 Å². The Morgan fingerprint density at radius 3 is 2.69 bits per heavy atom. The van der Waals surface area contributed by atoms with Gasteiger partial charge < -0.3 is 10.2 Å². The lowest BCUT2D eigenvalue weighted by Gasteiger charge is -2.20. The van der Waals surface area contributed by atoms with Crippen LogP contribution in [-0.4, -0.2) is 24.0 Å². The van der Waals surface area contributed by atoms with Crippen molar-refractivity contribution in [1.82, 2.24) is 4.98 Å². The number of pyridine rings is 1. The predicted molar refractivity (Wildman–Crippen MR) is 103 cm³/mol. The minimum Gasteiger partial charge on any atom is -0.356 e. The molecule has 132 valence electrons. The molecule has 1 N–H and O–H groups in total. The van der Waals surface area contributed by atoms with Gasteiger partial charge in [-0.05, 0) is 37.1 Å². The van der Waals surface area contributed by atoms with Crippen LogP contribution < -0.4 is 10.2 Å². The Balaban J connectivity index is 1.77. The van der Waals surface area contributed by atoms with E-state index in [1.165, 1.54) is 12.1 Å². The van der Waals surface area contributed by atoms with Crippen molar-refractivity contribution < 1.29 is 9.18 Å². The molecule has 1 aliphatic rings. The monoisotopic (exact) mass is 369 g/mol. The molecule has 6 heteroatoms. The van der Waals surface area contributed by atoms with Crippen LogP contribution in [0.1, 0.15) is 23.2 Å². The first-order chi connectivity index (χ1) is 12.6. The normalized spacial score (nSPS) is 14.0. The van der Waals surface area contributed by atoms with E-state index in [4.69, 9.17) is 16.6 Å². The molecule has 1 aromatic heterocycles. The van der Waals surface area contributed by atoms with Gasteiger partial charge in [0.05, 0.1) is 21.8 Å². The number of halogens is 2. The molecule has 1 saturated heterocycles. The van der Waals surface area contributed by atoms with Crippen LogP contribution in [0.25, 0.3) is 10.9 Å². The molecular weight excluding hydrogens is 353 g/mol. The Morgan fingerprint density at radius 2 is 1.88 bits per heavy atom. The summed E-state index contributed by atoms with van der Waals surface area (Å²) in [6.07, 6.45) is 2.14. The average Bonchev–Trinajstić information content (AvgIpc) is 3.19. The molecule has 0 unspecified atom stereocenters. The first-order valence-electron chi connectivity index (χ1n) is 8.53. The van der Waals surface area contributed by atoms with Gasteiger partial charge in [0.15, 0.2) is 5.82 Å². The Morgan fingerprint density at radius 1 is 1.12 bits per heavy atom. The van der Waals surface area contributed by atoms with Gasteiger partial charge in [-0.2, -0.15) is 0 Å². The highest BCUT2D eigenvalue weighted by Gasteiger charge is 2.23. The van der Waals surface area contributed by atoms with E-state index in [1.807, 2.05) is 30.3 Å². The van der Waals surface area contributed by atoms with Crippen molar-refractivity contribution in [2.24, 2.45) is 0 Å². The molecule has 0 spiro atoms. The van der Waals surface area contributed by atoms with E-state index in [-0.39, 0.29) is 10.7 Å². The number of amides is 1. The third kappa shape index (κ3) is 3.10. The van der Waals surface area contributed by atoms with Crippen molar-refractivity contribution in [3.63, 3.8) is 0 Å². The third-order valence-electron chi connectivity index (χ3n) is 4.55. The van der Waals surface area contributed by atoms with Crippen LogP contribution in [0.2, 0.25) is 5.02 Å². The van der Waals surface area contributed by atoms with Crippen molar-refractivity contribution in [1.29, 1.82) is 0 Å². The van der Waals surface area contributed by atoms with Crippen molar-refractivity contribution in [2.45, 2.75) is 12.8 Å². The zero-order chi connectivity index (χ0) is 18.1. The molecule has 3 aromatic rings. The fraction of sp³-hybridized carbons (Fsp3) is 0.200. The second-order valence-electron chi connectivity index (χ2n) is 6.30. The molecule has 4 rings (SSSR count). The standard InChI is InChI=1S/C20H17ClFN3O/c21-15-7-5-9-17(18(15)22)24-20(26)14-12-13-6-1-2-8-16(13)23-19(14)25-10-3-4-11-25/h1-2,5-9,12H,3-4,10-11H2,(H,24,26). The summed E-state index contributed by atoms with van der Waals surface area (Å²) in [5, 5.41) is 3.47. The van der Waals surface area contributed by atoms with E-state index in [1.54, 1.807) is 6.07 Å². The van der Waals surface area contributed by atoms with Gasteiger partial charge in [0.25, 0.3) is 5.91 Å². The first-order valence-corrected chi connectivity index (χ1v) is 8.91. The SMILES string of the molecule is O=C(Nc1cccc(Cl)c1F)c1cc2ccccc2nc1N1CCCC1. The fourth-order valence-electron chi connectivity index (χ4n) is 3.23. The van der Waals surface area contributed by atoms with Gasteiger partial charge in [0.1, 0.15) is 5.82 Å². The number of para-hydroxylation sites is 1. The molecule has 2 heterocycles. The van der Waals surface area contributed by atoms with Gasteiger partial charge in [0.2, 0.25) is 0 Å². The van der Waals surface area contributed by atoms with Gasteiger partial charge in [-0.1, -0.05) is 35.9 Å². The lowest BCUT2D eigenvalue weighted by atomic mass is 10.1. The van der Waals surface area contributed by atoms with E-state index in [2.05, 4.69) is 10.2 Å². The number of nitrogens with one attached hydrogen (secondary N) is 1. The van der Waals surface area contributed by atoms with Crippen LogP contribution >= 0.6 is 11.6 Å². The van der Waals surface area contributed by atoms with Crippen LogP contribution in [-0.2, 0) is 0 Å². The summed E-state index contributed by atoms with van der Waals surface area (Å²) < 4.78 is 14.2. The number of anilines is 2. The Labute approximate surface area is 155 Å². The number of fused-ring (bicyclic) bond motifs is 1. The van der Waals surface area contributed by atoms with Crippen LogP contribution in [0, 0.1) is 5.82 Å². The molecule has 0 bridgehead atoms. The second kappa shape index (κ2) is 6.92. The largest absolute Gasteiger partial charge is 0.356 e. The highest BCUT2D eigenvalue weighted by molar-refractivity contribution is 6.31. The molecule has 1 aliphatic heterocycles. The summed E-state index contributed by atoms with van der Waals surface area (Å²) in [4.78, 5) is 19.7. The summed E-state index contributed by atoms with van der Waals surface area (Å²) in [6, 6.07) is 14.0. The maximum absolute atomic E-state index is 14.2. The van der Waals surface area contributed by atoms with Crippen LogP contribution in [0.4, 0.5) is 15.9 Å². The van der Waals surface area contributed by atoms with Gasteiger partial charge in [0, 0.05) is 18.5 Å². The summed E-state index contributed by atoms with van der Waals surface area (Å²) in [6.45, 7) is 1.72. The average molecular weight is 370 g/mol. The molecule has 4 nitrogen and oxygen atoms in total. The van der Waals surface area contributed by atoms with E-state index < -0.39 is 11.7 Å². The zero-order valence-corrected chi connectivity index (χ0v) is 14.8. The summed E-state index contributed by atoms with van der Waals surface area (Å²) >= 11 is 5.81. The number of rotatable bonds is 3. The lowest BCUT2D eigenvalue weighted by Crippen LogP contribution is -2.24. The maximum Gasteiger partial charge on any atom is 0.259 e. The van der Waals surface area contributed by atoms with E-state index >= 15 is 0 Å². The number of hydrogen-bond acceptors (Lipinski definition) is 3. The van der Waals surface area contributed by atoms with Crippen molar-refractivity contribution >= 4 is 39.9 Å². The van der Waals surface area contributed by atoms with Gasteiger partial charge in [-0.15, -0.1) is 0 Å². The Bertz CT molecular complexity index is 986. The second-order valence-corrected chi connectivity index (χ2v) is 6.71. The number of carbonyl (C=O) groups is 1. The summed E-state index contributed by atoms with van der Waals surface area (Å²) in [5.74, 6) is -0.397. The molecule has 0 radical (unpaired) electrons. The predicted octanol–water partition coefficient (Wildman–Crippen LogP) is 4.88. The number of nitrogens with zero attached hydrogens (tertiary/aromatic N) is 2. The number of hydrogen-bond donors (Lipinski definition) is 1. The Hall–Kier alpha value is -2.66. The third-order valence-corrected chi connectivity index (χ3v) is 4.85. The Kier molecular flexibility index (Phi) is 4.47. The van der Waals surface area contributed by atoms with Crippen LogP contribution in [0.5, 0.6) is 0 Å². The maximum atomic E-state index is 14.2. The van der Waals surface area contributed by atoms with E-state index in [9.17, 15) is 9.18 Å². The molecule has 1 fully saturated rings.